The number of halogens is 1. The van der Waals surface area contributed by atoms with Crippen molar-refractivity contribution in [2.45, 2.75) is 6.92 Å². The normalized spacial score (nSPS) is 14.6. The van der Waals surface area contributed by atoms with Crippen molar-refractivity contribution in [2.24, 2.45) is 0 Å². The Morgan fingerprint density at radius 2 is 1.78 bits per heavy atom. The van der Waals surface area contributed by atoms with E-state index in [1.165, 1.54) is 0 Å². The van der Waals surface area contributed by atoms with Crippen molar-refractivity contribution in [3.8, 4) is 0 Å². The van der Waals surface area contributed by atoms with Crippen molar-refractivity contribution in [1.29, 1.82) is 0 Å². The van der Waals surface area contributed by atoms with Crippen LogP contribution in [0.1, 0.15) is 15.9 Å². The topological polar surface area (TPSA) is 32.3 Å². The molecule has 5 heteroatoms. The van der Waals surface area contributed by atoms with Crippen LogP contribution in [0, 0.1) is 6.92 Å². The highest BCUT2D eigenvalue weighted by molar-refractivity contribution is 7.99. The zero-order valence-corrected chi connectivity index (χ0v) is 14.6. The van der Waals surface area contributed by atoms with E-state index in [0.29, 0.717) is 10.6 Å². The molecule has 1 N–H and O–H groups in total. The van der Waals surface area contributed by atoms with Gasteiger partial charge in [0.05, 0.1) is 11.3 Å². The number of nitrogens with zero attached hydrogens (tertiary/aromatic N) is 1. The first kappa shape index (κ1) is 16.2. The first-order chi connectivity index (χ1) is 11.2. The molecule has 0 spiro atoms. The van der Waals surface area contributed by atoms with Gasteiger partial charge in [-0.15, -0.1) is 0 Å². The number of hydrogen-bond acceptors (Lipinski definition) is 3. The molecule has 1 heterocycles. The fourth-order valence-electron chi connectivity index (χ4n) is 2.60. The second-order valence-electron chi connectivity index (χ2n) is 5.49. The Balaban J connectivity index is 1.88. The van der Waals surface area contributed by atoms with Gasteiger partial charge in [-0.3, -0.25) is 4.79 Å². The highest BCUT2D eigenvalue weighted by Crippen LogP contribution is 2.28. The molecule has 0 saturated carbocycles. The van der Waals surface area contributed by atoms with E-state index in [9.17, 15) is 4.79 Å². The molecule has 0 aliphatic carbocycles. The SMILES string of the molecule is Cc1c(Cl)cccc1Nc1ccccc1C(=O)N1CCSCC1. The van der Waals surface area contributed by atoms with Crippen LogP contribution < -0.4 is 5.32 Å². The lowest BCUT2D eigenvalue weighted by molar-refractivity contribution is 0.0773. The average molecular weight is 347 g/mol. The van der Waals surface area contributed by atoms with Crippen LogP contribution in [0.25, 0.3) is 0 Å². The van der Waals surface area contributed by atoms with E-state index in [1.807, 2.05) is 66.1 Å². The van der Waals surface area contributed by atoms with Gasteiger partial charge < -0.3 is 10.2 Å². The molecule has 1 fully saturated rings. The third-order valence-corrected chi connectivity index (χ3v) is 5.34. The molecule has 23 heavy (non-hydrogen) atoms. The second-order valence-corrected chi connectivity index (χ2v) is 7.12. The molecule has 3 rings (SSSR count). The Morgan fingerprint density at radius 1 is 1.09 bits per heavy atom. The summed E-state index contributed by atoms with van der Waals surface area (Å²) in [6.45, 7) is 3.60. The third-order valence-electron chi connectivity index (χ3n) is 3.99. The van der Waals surface area contributed by atoms with Crippen LogP contribution in [-0.4, -0.2) is 35.4 Å². The van der Waals surface area contributed by atoms with Gasteiger partial charge in [-0.2, -0.15) is 11.8 Å². The first-order valence-corrected chi connectivity index (χ1v) is 9.18. The number of benzene rings is 2. The molecule has 1 amide bonds. The van der Waals surface area contributed by atoms with Gasteiger partial charge in [0.25, 0.3) is 5.91 Å². The highest BCUT2D eigenvalue weighted by atomic mass is 35.5. The molecule has 1 saturated heterocycles. The zero-order valence-electron chi connectivity index (χ0n) is 13.0. The lowest BCUT2D eigenvalue weighted by Crippen LogP contribution is -2.38. The fraction of sp³-hybridized carbons (Fsp3) is 0.278. The monoisotopic (exact) mass is 346 g/mol. The van der Waals surface area contributed by atoms with E-state index in [-0.39, 0.29) is 5.91 Å². The van der Waals surface area contributed by atoms with Crippen LogP contribution in [-0.2, 0) is 0 Å². The summed E-state index contributed by atoms with van der Waals surface area (Å²) in [5.41, 5.74) is 3.43. The summed E-state index contributed by atoms with van der Waals surface area (Å²) in [6.07, 6.45) is 0. The van der Waals surface area contributed by atoms with E-state index < -0.39 is 0 Å². The maximum Gasteiger partial charge on any atom is 0.256 e. The van der Waals surface area contributed by atoms with Gasteiger partial charge in [0.1, 0.15) is 0 Å². The molecule has 0 bridgehead atoms. The van der Waals surface area contributed by atoms with Crippen molar-refractivity contribution in [1.82, 2.24) is 4.90 Å². The Bertz CT molecular complexity index is 714. The number of anilines is 2. The predicted molar refractivity (Wildman–Crippen MR) is 99.1 cm³/mol. The molecule has 0 aromatic heterocycles. The Morgan fingerprint density at radius 3 is 2.57 bits per heavy atom. The van der Waals surface area contributed by atoms with Gasteiger partial charge in [-0.25, -0.2) is 0 Å². The summed E-state index contributed by atoms with van der Waals surface area (Å²) < 4.78 is 0. The fourth-order valence-corrected chi connectivity index (χ4v) is 3.68. The summed E-state index contributed by atoms with van der Waals surface area (Å²) in [5.74, 6) is 2.11. The maximum absolute atomic E-state index is 12.8. The number of para-hydroxylation sites is 1. The summed E-state index contributed by atoms with van der Waals surface area (Å²) in [7, 11) is 0. The van der Waals surface area contributed by atoms with Gasteiger partial charge in [0.2, 0.25) is 0 Å². The lowest BCUT2D eigenvalue weighted by Gasteiger charge is -2.27. The van der Waals surface area contributed by atoms with Crippen LogP contribution in [0.2, 0.25) is 5.02 Å². The van der Waals surface area contributed by atoms with Crippen molar-refractivity contribution < 1.29 is 4.79 Å². The number of rotatable bonds is 3. The molecule has 120 valence electrons. The average Bonchev–Trinajstić information content (AvgIpc) is 2.60. The number of hydrogen-bond donors (Lipinski definition) is 1. The Labute approximate surface area is 146 Å². The predicted octanol–water partition coefficient (Wildman–Crippen LogP) is 4.58. The minimum absolute atomic E-state index is 0.0908. The zero-order chi connectivity index (χ0) is 16.2. The molecule has 3 nitrogen and oxygen atoms in total. The molecule has 2 aromatic rings. The number of carbonyl (C=O) groups is 1. The maximum atomic E-state index is 12.8. The Kier molecular flexibility index (Phi) is 5.13. The smallest absolute Gasteiger partial charge is 0.256 e. The van der Waals surface area contributed by atoms with Crippen LogP contribution >= 0.6 is 23.4 Å². The van der Waals surface area contributed by atoms with E-state index in [0.717, 1.165) is 41.5 Å². The van der Waals surface area contributed by atoms with Crippen molar-refractivity contribution in [2.75, 3.05) is 29.9 Å². The number of carbonyl (C=O) groups excluding carboxylic acids is 1. The molecular formula is C18H19ClN2OS. The summed E-state index contributed by atoms with van der Waals surface area (Å²) in [6, 6.07) is 13.4. The van der Waals surface area contributed by atoms with Gasteiger partial charge >= 0.3 is 0 Å². The minimum atomic E-state index is 0.0908. The van der Waals surface area contributed by atoms with Gasteiger partial charge in [0, 0.05) is 35.3 Å². The van der Waals surface area contributed by atoms with Crippen molar-refractivity contribution >= 4 is 40.6 Å². The summed E-state index contributed by atoms with van der Waals surface area (Å²) in [4.78, 5) is 14.7. The summed E-state index contributed by atoms with van der Waals surface area (Å²) >= 11 is 8.08. The first-order valence-electron chi connectivity index (χ1n) is 7.65. The number of amides is 1. The van der Waals surface area contributed by atoms with Crippen molar-refractivity contribution in [3.63, 3.8) is 0 Å². The van der Waals surface area contributed by atoms with Gasteiger partial charge in [0.15, 0.2) is 0 Å². The molecule has 2 aromatic carbocycles. The van der Waals surface area contributed by atoms with Crippen LogP contribution in [0.15, 0.2) is 42.5 Å². The lowest BCUT2D eigenvalue weighted by atomic mass is 10.1. The molecule has 0 radical (unpaired) electrons. The quantitative estimate of drug-likeness (QED) is 0.882. The van der Waals surface area contributed by atoms with E-state index in [2.05, 4.69) is 5.32 Å². The van der Waals surface area contributed by atoms with E-state index in [4.69, 9.17) is 11.6 Å². The van der Waals surface area contributed by atoms with Crippen molar-refractivity contribution in [3.05, 3.63) is 58.6 Å². The Hall–Kier alpha value is -1.65. The standard InChI is InChI=1S/C18H19ClN2OS/c1-13-15(19)6-4-8-16(13)20-17-7-3-2-5-14(17)18(22)21-9-11-23-12-10-21/h2-8,20H,9-12H2,1H3. The third kappa shape index (κ3) is 3.65. The van der Waals surface area contributed by atoms with Gasteiger partial charge in [-0.1, -0.05) is 29.8 Å². The molecule has 0 atom stereocenters. The van der Waals surface area contributed by atoms with Gasteiger partial charge in [-0.05, 0) is 36.8 Å². The molecular weight excluding hydrogens is 328 g/mol. The summed E-state index contributed by atoms with van der Waals surface area (Å²) in [5, 5.41) is 4.08. The molecule has 1 aliphatic rings. The largest absolute Gasteiger partial charge is 0.355 e. The van der Waals surface area contributed by atoms with E-state index in [1.54, 1.807) is 0 Å². The highest BCUT2D eigenvalue weighted by Gasteiger charge is 2.21. The molecule has 0 unspecified atom stereocenters. The van der Waals surface area contributed by atoms with Crippen LogP contribution in [0.4, 0.5) is 11.4 Å². The number of thioether (sulfide) groups is 1. The minimum Gasteiger partial charge on any atom is -0.355 e. The van der Waals surface area contributed by atoms with E-state index >= 15 is 0 Å². The van der Waals surface area contributed by atoms with Crippen LogP contribution in [0.3, 0.4) is 0 Å². The second kappa shape index (κ2) is 7.28. The number of nitrogens with one attached hydrogen (secondary N) is 1. The van der Waals surface area contributed by atoms with Crippen LogP contribution in [0.5, 0.6) is 0 Å². The molecule has 1 aliphatic heterocycles.